The van der Waals surface area contributed by atoms with E-state index in [1.807, 2.05) is 30.3 Å². The molecule has 0 unspecified atom stereocenters. The Kier molecular flexibility index (Phi) is 7.16. The average Bonchev–Trinajstić information content (AvgIpc) is 3.15. The Labute approximate surface area is 209 Å². The van der Waals surface area contributed by atoms with Crippen molar-refractivity contribution in [1.29, 1.82) is 0 Å². The highest BCUT2D eigenvalue weighted by Gasteiger charge is 2.67. The van der Waals surface area contributed by atoms with Crippen molar-refractivity contribution in [3.05, 3.63) is 64.2 Å². The SMILES string of the molecule is CC(C)(O)[C@]12CO[C@](c3ccc(Cl)c(Cc4ccc(OCCCC(=O)O)cc4)c3)(C[C@@H](O)[C@@H]1O)O2. The lowest BCUT2D eigenvalue weighted by atomic mass is 9.76. The summed E-state index contributed by atoms with van der Waals surface area (Å²) in [7, 11) is 0. The number of hydrogen-bond donors (Lipinski definition) is 4. The van der Waals surface area contributed by atoms with Crippen molar-refractivity contribution in [2.45, 2.75) is 68.7 Å². The van der Waals surface area contributed by atoms with Gasteiger partial charge in [-0.05, 0) is 62.1 Å². The second-order valence-corrected chi connectivity index (χ2v) is 10.2. The molecule has 9 heteroatoms. The molecule has 0 aromatic heterocycles. The molecule has 2 aliphatic heterocycles. The van der Waals surface area contributed by atoms with Crippen LogP contribution >= 0.6 is 11.6 Å². The molecule has 8 nitrogen and oxygen atoms in total. The summed E-state index contributed by atoms with van der Waals surface area (Å²) in [5.74, 6) is -1.50. The van der Waals surface area contributed by atoms with E-state index in [-0.39, 0.29) is 19.4 Å². The van der Waals surface area contributed by atoms with Crippen LogP contribution in [-0.4, -0.2) is 63.0 Å². The van der Waals surface area contributed by atoms with Crippen molar-refractivity contribution < 1.29 is 39.4 Å². The van der Waals surface area contributed by atoms with Gasteiger partial charge >= 0.3 is 5.97 Å². The third-order valence-corrected chi connectivity index (χ3v) is 7.20. The first kappa shape index (κ1) is 25.9. The smallest absolute Gasteiger partial charge is 0.303 e. The van der Waals surface area contributed by atoms with Gasteiger partial charge in [-0.15, -0.1) is 0 Å². The van der Waals surface area contributed by atoms with E-state index in [4.69, 9.17) is 30.9 Å². The van der Waals surface area contributed by atoms with Gasteiger partial charge in [-0.2, -0.15) is 0 Å². The molecule has 2 aromatic carbocycles. The molecular formula is C26H31ClO8. The van der Waals surface area contributed by atoms with Crippen LogP contribution in [0.1, 0.15) is 49.8 Å². The molecular weight excluding hydrogens is 476 g/mol. The number of hydrogen-bond acceptors (Lipinski definition) is 7. The first-order valence-electron chi connectivity index (χ1n) is 11.6. The highest BCUT2D eigenvalue weighted by atomic mass is 35.5. The van der Waals surface area contributed by atoms with E-state index in [0.29, 0.717) is 35.8 Å². The van der Waals surface area contributed by atoms with Crippen LogP contribution in [0.2, 0.25) is 5.02 Å². The molecule has 4 rings (SSSR count). The van der Waals surface area contributed by atoms with E-state index in [2.05, 4.69) is 0 Å². The van der Waals surface area contributed by atoms with Crippen molar-refractivity contribution in [2.24, 2.45) is 0 Å². The molecule has 190 valence electrons. The highest BCUT2D eigenvalue weighted by Crippen LogP contribution is 2.53. The van der Waals surface area contributed by atoms with Gasteiger partial charge in [-0.1, -0.05) is 29.8 Å². The van der Waals surface area contributed by atoms with Gasteiger partial charge in [0.1, 0.15) is 11.9 Å². The Morgan fingerprint density at radius 3 is 2.57 bits per heavy atom. The number of carboxylic acid groups (broad SMARTS) is 1. The Balaban J connectivity index is 1.51. The van der Waals surface area contributed by atoms with Crippen LogP contribution in [0.3, 0.4) is 0 Å². The van der Waals surface area contributed by atoms with Crippen LogP contribution < -0.4 is 4.74 Å². The van der Waals surface area contributed by atoms with Gasteiger partial charge in [0.15, 0.2) is 11.4 Å². The summed E-state index contributed by atoms with van der Waals surface area (Å²) in [4.78, 5) is 10.6. The number of benzene rings is 2. The van der Waals surface area contributed by atoms with Crippen LogP contribution in [0.15, 0.2) is 42.5 Å². The number of aliphatic hydroxyl groups excluding tert-OH is 2. The number of ether oxygens (including phenoxy) is 3. The Bertz CT molecular complexity index is 1070. The molecule has 0 saturated carbocycles. The van der Waals surface area contributed by atoms with Crippen molar-refractivity contribution in [3.8, 4) is 5.75 Å². The molecule has 4 atom stereocenters. The number of halogens is 1. The molecule has 0 aliphatic carbocycles. The minimum Gasteiger partial charge on any atom is -0.494 e. The molecule has 2 fully saturated rings. The maximum Gasteiger partial charge on any atom is 0.303 e. The summed E-state index contributed by atoms with van der Waals surface area (Å²) in [6.07, 6.45) is -1.40. The molecule has 0 radical (unpaired) electrons. The monoisotopic (exact) mass is 506 g/mol. The van der Waals surface area contributed by atoms with Gasteiger partial charge in [0.05, 0.1) is 24.9 Å². The number of carboxylic acids is 1. The van der Waals surface area contributed by atoms with Gasteiger partial charge in [-0.3, -0.25) is 4.79 Å². The van der Waals surface area contributed by atoms with Gasteiger partial charge in [0.2, 0.25) is 0 Å². The van der Waals surface area contributed by atoms with Crippen LogP contribution in [0.5, 0.6) is 5.75 Å². The minimum absolute atomic E-state index is 0.0149. The lowest BCUT2D eigenvalue weighted by Gasteiger charge is -2.48. The lowest BCUT2D eigenvalue weighted by Crippen LogP contribution is -2.66. The van der Waals surface area contributed by atoms with E-state index >= 15 is 0 Å². The summed E-state index contributed by atoms with van der Waals surface area (Å²) in [5.41, 5.74) is -0.472. The molecule has 2 saturated heterocycles. The number of carbonyl (C=O) groups is 1. The van der Waals surface area contributed by atoms with Gasteiger partial charge in [0.25, 0.3) is 0 Å². The van der Waals surface area contributed by atoms with Crippen molar-refractivity contribution >= 4 is 17.6 Å². The molecule has 0 spiro atoms. The number of rotatable bonds is 9. The van der Waals surface area contributed by atoms with E-state index in [9.17, 15) is 20.1 Å². The Morgan fingerprint density at radius 1 is 1.20 bits per heavy atom. The zero-order valence-corrected chi connectivity index (χ0v) is 20.5. The number of aliphatic carboxylic acids is 1. The lowest BCUT2D eigenvalue weighted by molar-refractivity contribution is -0.308. The molecule has 2 aliphatic rings. The quantitative estimate of drug-likeness (QED) is 0.382. The summed E-state index contributed by atoms with van der Waals surface area (Å²) in [6, 6.07) is 12.9. The second-order valence-electron chi connectivity index (χ2n) is 9.78. The molecule has 2 aromatic rings. The summed E-state index contributed by atoms with van der Waals surface area (Å²) < 4.78 is 17.9. The van der Waals surface area contributed by atoms with Crippen LogP contribution in [0.25, 0.3) is 0 Å². The first-order chi connectivity index (χ1) is 16.5. The molecule has 2 bridgehead atoms. The molecule has 2 heterocycles. The Hall–Kier alpha value is -2.20. The minimum atomic E-state index is -1.47. The van der Waals surface area contributed by atoms with Crippen molar-refractivity contribution in [1.82, 2.24) is 0 Å². The third-order valence-electron chi connectivity index (χ3n) is 6.83. The van der Waals surface area contributed by atoms with Gasteiger partial charge in [0, 0.05) is 23.4 Å². The highest BCUT2D eigenvalue weighted by molar-refractivity contribution is 6.31. The van der Waals surface area contributed by atoms with Gasteiger partial charge < -0.3 is 34.6 Å². The molecule has 4 N–H and O–H groups in total. The van der Waals surface area contributed by atoms with Crippen molar-refractivity contribution in [3.63, 3.8) is 0 Å². The Morgan fingerprint density at radius 2 is 1.91 bits per heavy atom. The van der Waals surface area contributed by atoms with E-state index in [0.717, 1.165) is 11.1 Å². The number of fused-ring (bicyclic) bond motifs is 2. The summed E-state index contributed by atoms with van der Waals surface area (Å²) in [6.45, 7) is 3.32. The number of aliphatic hydroxyl groups is 3. The third kappa shape index (κ3) is 5.05. The van der Waals surface area contributed by atoms with Crippen LogP contribution in [0.4, 0.5) is 0 Å². The fraction of sp³-hybridized carbons (Fsp3) is 0.500. The molecule has 35 heavy (non-hydrogen) atoms. The predicted molar refractivity (Wildman–Crippen MR) is 127 cm³/mol. The summed E-state index contributed by atoms with van der Waals surface area (Å²) >= 11 is 6.49. The largest absolute Gasteiger partial charge is 0.494 e. The predicted octanol–water partition coefficient (Wildman–Crippen LogP) is 3.01. The fourth-order valence-corrected chi connectivity index (χ4v) is 4.91. The first-order valence-corrected chi connectivity index (χ1v) is 12.0. The van der Waals surface area contributed by atoms with E-state index < -0.39 is 35.2 Å². The standard InChI is InChI=1S/C26H31ClO8/c1-24(2,32)25-15-34-26(35-25,14-21(28)23(25)31)18-7-10-20(27)17(13-18)12-16-5-8-19(9-6-16)33-11-3-4-22(29)30/h5-10,13,21,23,28,31-32H,3-4,11-12,14-15H2,1-2H3,(H,29,30)/t21-,23+,25+,26-/m1/s1. The zero-order valence-electron chi connectivity index (χ0n) is 19.7. The van der Waals surface area contributed by atoms with E-state index in [1.165, 1.54) is 13.8 Å². The maximum atomic E-state index is 10.7. The van der Waals surface area contributed by atoms with Gasteiger partial charge in [-0.25, -0.2) is 0 Å². The van der Waals surface area contributed by atoms with Crippen molar-refractivity contribution in [2.75, 3.05) is 13.2 Å². The van der Waals surface area contributed by atoms with Crippen LogP contribution in [0, 0.1) is 0 Å². The fourth-order valence-electron chi connectivity index (χ4n) is 4.73. The van der Waals surface area contributed by atoms with Crippen LogP contribution in [-0.2, 0) is 26.5 Å². The second kappa shape index (κ2) is 9.69. The summed E-state index contributed by atoms with van der Waals surface area (Å²) in [5, 5.41) is 41.3. The topological polar surface area (TPSA) is 126 Å². The maximum absolute atomic E-state index is 10.7. The van der Waals surface area contributed by atoms with E-state index in [1.54, 1.807) is 12.1 Å². The zero-order chi connectivity index (χ0) is 25.4. The average molecular weight is 507 g/mol. The normalized spacial score (nSPS) is 28.2. The molecule has 0 amide bonds.